The molecular formula is C22H23N3O6. The molecule has 2 aromatic rings. The van der Waals surface area contributed by atoms with Crippen molar-refractivity contribution in [3.63, 3.8) is 0 Å². The Kier molecular flexibility index (Phi) is 5.85. The van der Waals surface area contributed by atoms with Crippen molar-refractivity contribution in [2.24, 2.45) is 0 Å². The summed E-state index contributed by atoms with van der Waals surface area (Å²) in [4.78, 5) is 39.3. The molecule has 4 rings (SSSR count). The normalized spacial score (nSPS) is 15.8. The van der Waals surface area contributed by atoms with E-state index in [4.69, 9.17) is 4.74 Å². The van der Waals surface area contributed by atoms with Gasteiger partial charge in [-0.25, -0.2) is 4.79 Å². The Morgan fingerprint density at radius 3 is 2.55 bits per heavy atom. The lowest BCUT2D eigenvalue weighted by atomic mass is 10.1. The highest BCUT2D eigenvalue weighted by Gasteiger charge is 2.25. The van der Waals surface area contributed by atoms with Crippen LogP contribution in [0.3, 0.4) is 0 Å². The first-order chi connectivity index (χ1) is 14.9. The SMILES string of the molecule is COC(=O)c1cc(C(=O)N2CCN(Cc3ccc4c(c3)CCO4)CC2)cc([N+](=O)[O-])c1. The van der Waals surface area contributed by atoms with Gasteiger partial charge in [0.15, 0.2) is 0 Å². The third-order valence-corrected chi connectivity index (χ3v) is 5.62. The molecule has 0 saturated carbocycles. The van der Waals surface area contributed by atoms with Gasteiger partial charge in [0.05, 0.1) is 24.2 Å². The quantitative estimate of drug-likeness (QED) is 0.411. The van der Waals surface area contributed by atoms with E-state index in [0.29, 0.717) is 26.2 Å². The number of hydrogen-bond acceptors (Lipinski definition) is 7. The Bertz CT molecular complexity index is 1030. The maximum atomic E-state index is 12.9. The molecule has 0 aromatic heterocycles. The molecule has 0 aliphatic carbocycles. The Hall–Kier alpha value is -3.46. The number of hydrogen-bond donors (Lipinski definition) is 0. The highest BCUT2D eigenvalue weighted by Crippen LogP contribution is 2.26. The fourth-order valence-electron chi connectivity index (χ4n) is 3.96. The number of nitro groups is 1. The van der Waals surface area contributed by atoms with Gasteiger partial charge in [0.25, 0.3) is 11.6 Å². The summed E-state index contributed by atoms with van der Waals surface area (Å²) in [6.45, 7) is 3.91. The molecule has 2 aliphatic heterocycles. The van der Waals surface area contributed by atoms with Crippen LogP contribution >= 0.6 is 0 Å². The number of esters is 1. The van der Waals surface area contributed by atoms with Gasteiger partial charge >= 0.3 is 5.97 Å². The Balaban J connectivity index is 1.41. The van der Waals surface area contributed by atoms with Crippen LogP contribution in [0.1, 0.15) is 31.8 Å². The highest BCUT2D eigenvalue weighted by molar-refractivity contribution is 5.99. The topological polar surface area (TPSA) is 102 Å². The number of carbonyl (C=O) groups is 2. The van der Waals surface area contributed by atoms with Crippen molar-refractivity contribution in [1.29, 1.82) is 0 Å². The van der Waals surface area contributed by atoms with Crippen LogP contribution in [0, 0.1) is 10.1 Å². The van der Waals surface area contributed by atoms with E-state index in [1.807, 2.05) is 6.07 Å². The van der Waals surface area contributed by atoms with Crippen LogP contribution in [0.25, 0.3) is 0 Å². The number of nitrogens with zero attached hydrogens (tertiary/aromatic N) is 3. The second-order valence-electron chi connectivity index (χ2n) is 7.63. The van der Waals surface area contributed by atoms with Crippen molar-refractivity contribution in [2.75, 3.05) is 39.9 Å². The van der Waals surface area contributed by atoms with E-state index in [2.05, 4.69) is 21.8 Å². The van der Waals surface area contributed by atoms with Crippen molar-refractivity contribution < 1.29 is 24.0 Å². The summed E-state index contributed by atoms with van der Waals surface area (Å²) in [6.07, 6.45) is 0.933. The summed E-state index contributed by atoms with van der Waals surface area (Å²) in [6, 6.07) is 9.92. The highest BCUT2D eigenvalue weighted by atomic mass is 16.6. The van der Waals surface area contributed by atoms with Crippen molar-refractivity contribution in [1.82, 2.24) is 9.80 Å². The average Bonchev–Trinajstić information content (AvgIpc) is 3.26. The van der Waals surface area contributed by atoms with Gasteiger partial charge in [0.2, 0.25) is 0 Å². The van der Waals surface area contributed by atoms with E-state index in [-0.39, 0.29) is 22.7 Å². The number of non-ortho nitro benzene ring substituents is 1. The molecule has 2 aliphatic rings. The molecule has 0 radical (unpaired) electrons. The van der Waals surface area contributed by atoms with Crippen LogP contribution in [0.5, 0.6) is 5.75 Å². The summed E-state index contributed by atoms with van der Waals surface area (Å²) >= 11 is 0. The number of benzene rings is 2. The van der Waals surface area contributed by atoms with Gasteiger partial charge in [-0.3, -0.25) is 19.8 Å². The van der Waals surface area contributed by atoms with E-state index in [9.17, 15) is 19.7 Å². The van der Waals surface area contributed by atoms with Gasteiger partial charge < -0.3 is 14.4 Å². The number of carbonyl (C=O) groups excluding carboxylic acids is 2. The van der Waals surface area contributed by atoms with Crippen LogP contribution in [-0.2, 0) is 17.7 Å². The summed E-state index contributed by atoms with van der Waals surface area (Å²) in [5.74, 6) is -0.0899. The molecule has 2 aromatic carbocycles. The van der Waals surface area contributed by atoms with Gasteiger partial charge in [0.1, 0.15) is 5.75 Å². The van der Waals surface area contributed by atoms with Gasteiger partial charge in [-0.15, -0.1) is 0 Å². The Morgan fingerprint density at radius 2 is 1.84 bits per heavy atom. The van der Waals surface area contributed by atoms with E-state index in [0.717, 1.165) is 31.4 Å². The molecule has 162 valence electrons. The predicted octanol–water partition coefficient (Wildman–Crippen LogP) is 2.27. The standard InChI is InChI=1S/C22H23N3O6/c1-30-22(27)18-11-17(12-19(13-18)25(28)29)21(26)24-7-5-23(6-8-24)14-15-2-3-20-16(10-15)4-9-31-20/h2-3,10-13H,4-9,14H2,1H3. The van der Waals surface area contributed by atoms with Crippen LogP contribution in [0.4, 0.5) is 5.69 Å². The smallest absolute Gasteiger partial charge is 0.338 e. The lowest BCUT2D eigenvalue weighted by Gasteiger charge is -2.34. The minimum Gasteiger partial charge on any atom is -0.493 e. The molecule has 0 unspecified atom stereocenters. The molecule has 0 N–H and O–H groups in total. The molecule has 0 bridgehead atoms. The molecule has 9 nitrogen and oxygen atoms in total. The van der Waals surface area contributed by atoms with E-state index in [1.165, 1.54) is 30.4 Å². The summed E-state index contributed by atoms with van der Waals surface area (Å²) < 4.78 is 10.2. The van der Waals surface area contributed by atoms with Gasteiger partial charge in [-0.1, -0.05) is 12.1 Å². The number of rotatable bonds is 5. The third kappa shape index (κ3) is 4.51. The largest absolute Gasteiger partial charge is 0.493 e. The Morgan fingerprint density at radius 1 is 1.10 bits per heavy atom. The van der Waals surface area contributed by atoms with Crippen molar-refractivity contribution >= 4 is 17.6 Å². The van der Waals surface area contributed by atoms with E-state index >= 15 is 0 Å². The zero-order valence-corrected chi connectivity index (χ0v) is 17.2. The first kappa shape index (κ1) is 20.8. The fourth-order valence-corrected chi connectivity index (χ4v) is 3.96. The lowest BCUT2D eigenvalue weighted by molar-refractivity contribution is -0.384. The molecule has 9 heteroatoms. The fraction of sp³-hybridized carbons (Fsp3) is 0.364. The molecule has 1 saturated heterocycles. The zero-order chi connectivity index (χ0) is 22.0. The van der Waals surface area contributed by atoms with Gasteiger partial charge in [0, 0.05) is 56.8 Å². The van der Waals surface area contributed by atoms with Crippen LogP contribution < -0.4 is 4.74 Å². The van der Waals surface area contributed by atoms with Crippen LogP contribution in [-0.4, -0.2) is 66.5 Å². The Labute approximate surface area is 179 Å². The van der Waals surface area contributed by atoms with Crippen LogP contribution in [0.2, 0.25) is 0 Å². The first-order valence-corrected chi connectivity index (χ1v) is 10.1. The number of fused-ring (bicyclic) bond motifs is 1. The molecule has 2 heterocycles. The predicted molar refractivity (Wildman–Crippen MR) is 111 cm³/mol. The minimum atomic E-state index is -0.720. The summed E-state index contributed by atoms with van der Waals surface area (Å²) in [5.41, 5.74) is 2.23. The number of methoxy groups -OCH3 is 1. The molecule has 0 spiro atoms. The van der Waals surface area contributed by atoms with Gasteiger partial charge in [-0.05, 0) is 23.3 Å². The molecule has 31 heavy (non-hydrogen) atoms. The summed E-state index contributed by atoms with van der Waals surface area (Å²) in [7, 11) is 1.19. The summed E-state index contributed by atoms with van der Waals surface area (Å²) in [5, 5.41) is 11.2. The average molecular weight is 425 g/mol. The number of amides is 1. The molecule has 1 fully saturated rings. The second-order valence-corrected chi connectivity index (χ2v) is 7.63. The van der Waals surface area contributed by atoms with E-state index in [1.54, 1.807) is 4.90 Å². The maximum Gasteiger partial charge on any atom is 0.338 e. The van der Waals surface area contributed by atoms with Gasteiger partial charge in [-0.2, -0.15) is 0 Å². The number of piperazine rings is 1. The van der Waals surface area contributed by atoms with Crippen molar-refractivity contribution in [2.45, 2.75) is 13.0 Å². The maximum absolute atomic E-state index is 12.9. The molecule has 0 atom stereocenters. The van der Waals surface area contributed by atoms with Crippen molar-refractivity contribution in [3.8, 4) is 5.75 Å². The van der Waals surface area contributed by atoms with Crippen LogP contribution in [0.15, 0.2) is 36.4 Å². The minimum absolute atomic E-state index is 0.0146. The monoisotopic (exact) mass is 425 g/mol. The first-order valence-electron chi connectivity index (χ1n) is 10.1. The third-order valence-electron chi connectivity index (χ3n) is 5.62. The molecule has 1 amide bonds. The number of ether oxygens (including phenoxy) is 2. The second kappa shape index (κ2) is 8.73. The number of nitro benzene ring substituents is 1. The zero-order valence-electron chi connectivity index (χ0n) is 17.2. The molecular weight excluding hydrogens is 402 g/mol. The van der Waals surface area contributed by atoms with Crippen molar-refractivity contribution in [3.05, 3.63) is 68.8 Å². The van der Waals surface area contributed by atoms with E-state index < -0.39 is 10.9 Å². The lowest BCUT2D eigenvalue weighted by Crippen LogP contribution is -2.48.